The molecule has 2 aromatic rings. The van der Waals surface area contributed by atoms with Crippen LogP contribution in [0.15, 0.2) is 48.5 Å². The van der Waals surface area contributed by atoms with Crippen LogP contribution in [0.4, 0.5) is 10.1 Å². The number of likely N-dealkylation sites (N-methyl/N-ethyl adjacent to an activating group) is 1. The molecule has 22 heavy (non-hydrogen) atoms. The molecule has 1 unspecified atom stereocenters. The monoisotopic (exact) mass is 320 g/mol. The highest BCUT2D eigenvalue weighted by atomic mass is 35.5. The first-order chi connectivity index (χ1) is 10.5. The Morgan fingerprint density at radius 2 is 2.00 bits per heavy atom. The zero-order valence-electron chi connectivity index (χ0n) is 12.5. The zero-order valence-corrected chi connectivity index (χ0v) is 13.3. The molecule has 5 heteroatoms. The van der Waals surface area contributed by atoms with Crippen molar-refractivity contribution >= 4 is 23.2 Å². The summed E-state index contributed by atoms with van der Waals surface area (Å²) in [6.07, 6.45) is 0. The van der Waals surface area contributed by atoms with Crippen LogP contribution in [0.3, 0.4) is 0 Å². The summed E-state index contributed by atoms with van der Waals surface area (Å²) in [6.45, 7) is 2.35. The maximum absolute atomic E-state index is 13.6. The number of hydrogen-bond acceptors (Lipinski definition) is 2. The molecule has 0 fully saturated rings. The summed E-state index contributed by atoms with van der Waals surface area (Å²) in [5.41, 5.74) is 1.20. The molecule has 0 aliphatic rings. The number of nitrogens with one attached hydrogen (secondary N) is 1. The number of carbonyl (C=O) groups is 1. The molecule has 0 saturated heterocycles. The molecule has 116 valence electrons. The van der Waals surface area contributed by atoms with Gasteiger partial charge in [-0.25, -0.2) is 4.39 Å². The molecule has 0 aliphatic carbocycles. The maximum Gasteiger partial charge on any atom is 0.241 e. The van der Waals surface area contributed by atoms with E-state index in [0.29, 0.717) is 11.6 Å². The molecule has 2 aromatic carbocycles. The Morgan fingerprint density at radius 3 is 2.68 bits per heavy atom. The Hall–Kier alpha value is -1.91. The lowest BCUT2D eigenvalue weighted by Gasteiger charge is -2.24. The lowest BCUT2D eigenvalue weighted by Crippen LogP contribution is -2.39. The van der Waals surface area contributed by atoms with Gasteiger partial charge in [0.15, 0.2) is 0 Å². The summed E-state index contributed by atoms with van der Waals surface area (Å²) in [5, 5.41) is 3.27. The molecule has 0 heterocycles. The van der Waals surface area contributed by atoms with E-state index in [-0.39, 0.29) is 11.6 Å². The Kier molecular flexibility index (Phi) is 5.52. The zero-order chi connectivity index (χ0) is 16.1. The summed E-state index contributed by atoms with van der Waals surface area (Å²) < 4.78 is 13.6. The van der Waals surface area contributed by atoms with Gasteiger partial charge in [-0.2, -0.15) is 0 Å². The predicted octanol–water partition coefficient (Wildman–Crippen LogP) is 3.94. The number of hydrogen-bond donors (Lipinski definition) is 1. The molecular weight excluding hydrogens is 303 g/mol. The highest BCUT2D eigenvalue weighted by Gasteiger charge is 2.19. The third kappa shape index (κ3) is 4.29. The molecule has 0 aliphatic heterocycles. The molecule has 0 radical (unpaired) electrons. The molecule has 0 bridgehead atoms. The van der Waals surface area contributed by atoms with E-state index in [1.165, 1.54) is 12.1 Å². The fourth-order valence-corrected chi connectivity index (χ4v) is 2.27. The van der Waals surface area contributed by atoms with Gasteiger partial charge in [0.25, 0.3) is 0 Å². The van der Waals surface area contributed by atoms with Gasteiger partial charge in [0.2, 0.25) is 5.91 Å². The molecule has 1 atom stereocenters. The minimum absolute atomic E-state index is 0.190. The summed E-state index contributed by atoms with van der Waals surface area (Å²) in [5.74, 6) is -0.699. The highest BCUT2D eigenvalue weighted by Crippen LogP contribution is 2.15. The molecule has 0 spiro atoms. The smallest absolute Gasteiger partial charge is 0.241 e. The lowest BCUT2D eigenvalue weighted by molar-refractivity contribution is -0.120. The molecule has 1 N–H and O–H groups in total. The van der Waals surface area contributed by atoms with Crippen molar-refractivity contribution < 1.29 is 9.18 Å². The summed E-state index contributed by atoms with van der Waals surface area (Å²) in [6, 6.07) is 13.2. The van der Waals surface area contributed by atoms with E-state index in [2.05, 4.69) is 5.32 Å². The molecule has 2 rings (SSSR count). The van der Waals surface area contributed by atoms with Crippen LogP contribution in [0.25, 0.3) is 0 Å². The summed E-state index contributed by atoms with van der Waals surface area (Å²) in [4.78, 5) is 14.1. The van der Waals surface area contributed by atoms with Crippen molar-refractivity contribution in [1.82, 2.24) is 4.90 Å². The fraction of sp³-hybridized carbons (Fsp3) is 0.235. The Balaban J connectivity index is 1.99. The van der Waals surface area contributed by atoms with Gasteiger partial charge in [-0.3, -0.25) is 9.69 Å². The average molecular weight is 321 g/mol. The van der Waals surface area contributed by atoms with Gasteiger partial charge < -0.3 is 5.32 Å². The molecule has 3 nitrogen and oxygen atoms in total. The van der Waals surface area contributed by atoms with Gasteiger partial charge in [-0.15, -0.1) is 0 Å². The second-order valence-electron chi connectivity index (χ2n) is 5.19. The van der Waals surface area contributed by atoms with Gasteiger partial charge >= 0.3 is 0 Å². The van der Waals surface area contributed by atoms with Crippen molar-refractivity contribution in [2.75, 3.05) is 12.4 Å². The second kappa shape index (κ2) is 7.38. The Bertz CT molecular complexity index is 663. The number of anilines is 1. The normalized spacial score (nSPS) is 12.2. The topological polar surface area (TPSA) is 32.3 Å². The Labute approximate surface area is 134 Å². The van der Waals surface area contributed by atoms with Crippen LogP contribution >= 0.6 is 11.6 Å². The number of rotatable bonds is 5. The van der Waals surface area contributed by atoms with Crippen LogP contribution in [0.2, 0.25) is 5.02 Å². The molecule has 1 amide bonds. The van der Waals surface area contributed by atoms with Gasteiger partial charge in [0.1, 0.15) is 5.82 Å². The van der Waals surface area contributed by atoms with Crippen LogP contribution in [-0.4, -0.2) is 23.9 Å². The number of amides is 1. The Morgan fingerprint density at radius 1 is 1.27 bits per heavy atom. The summed E-state index contributed by atoms with van der Waals surface area (Å²) in [7, 11) is 1.84. The van der Waals surface area contributed by atoms with Crippen molar-refractivity contribution in [3.05, 3.63) is 64.9 Å². The third-order valence-electron chi connectivity index (χ3n) is 3.49. The average Bonchev–Trinajstić information content (AvgIpc) is 2.48. The number of benzene rings is 2. The van der Waals surface area contributed by atoms with Crippen molar-refractivity contribution in [3.8, 4) is 0 Å². The van der Waals surface area contributed by atoms with Crippen LogP contribution in [0.1, 0.15) is 12.5 Å². The second-order valence-corrected chi connectivity index (χ2v) is 5.63. The van der Waals surface area contributed by atoms with E-state index in [1.54, 1.807) is 25.1 Å². The van der Waals surface area contributed by atoms with E-state index in [1.807, 2.05) is 30.1 Å². The van der Waals surface area contributed by atoms with Crippen molar-refractivity contribution in [3.63, 3.8) is 0 Å². The first kappa shape index (κ1) is 16.5. The summed E-state index contributed by atoms with van der Waals surface area (Å²) >= 11 is 5.96. The van der Waals surface area contributed by atoms with E-state index in [9.17, 15) is 9.18 Å². The van der Waals surface area contributed by atoms with E-state index >= 15 is 0 Å². The van der Waals surface area contributed by atoms with Crippen LogP contribution < -0.4 is 5.32 Å². The van der Waals surface area contributed by atoms with Gasteiger partial charge in [0, 0.05) is 11.6 Å². The SMILES string of the molecule is CC(C(=O)Nc1ccccc1F)N(C)Cc1cccc(Cl)c1. The van der Waals surface area contributed by atoms with Crippen molar-refractivity contribution in [2.24, 2.45) is 0 Å². The van der Waals surface area contributed by atoms with Crippen molar-refractivity contribution in [2.45, 2.75) is 19.5 Å². The maximum atomic E-state index is 13.6. The largest absolute Gasteiger partial charge is 0.322 e. The first-order valence-corrected chi connectivity index (χ1v) is 7.35. The number of para-hydroxylation sites is 1. The van der Waals surface area contributed by atoms with Gasteiger partial charge in [0.05, 0.1) is 11.7 Å². The van der Waals surface area contributed by atoms with E-state index in [4.69, 9.17) is 11.6 Å². The molecular formula is C17H18ClFN2O. The third-order valence-corrected chi connectivity index (χ3v) is 3.73. The molecule has 0 saturated carbocycles. The lowest BCUT2D eigenvalue weighted by atomic mass is 10.2. The minimum Gasteiger partial charge on any atom is -0.322 e. The van der Waals surface area contributed by atoms with E-state index < -0.39 is 11.9 Å². The van der Waals surface area contributed by atoms with Crippen LogP contribution in [0.5, 0.6) is 0 Å². The first-order valence-electron chi connectivity index (χ1n) is 6.97. The standard InChI is InChI=1S/C17H18ClFN2O/c1-12(17(22)20-16-9-4-3-8-15(16)19)21(2)11-13-6-5-7-14(18)10-13/h3-10,12H,11H2,1-2H3,(H,20,22). The van der Waals surface area contributed by atoms with Crippen molar-refractivity contribution in [1.29, 1.82) is 0 Å². The number of halogens is 2. The van der Waals surface area contributed by atoms with Gasteiger partial charge in [-0.05, 0) is 43.8 Å². The predicted molar refractivity (Wildman–Crippen MR) is 87.4 cm³/mol. The van der Waals surface area contributed by atoms with Gasteiger partial charge in [-0.1, -0.05) is 35.9 Å². The molecule has 0 aromatic heterocycles. The van der Waals surface area contributed by atoms with E-state index in [0.717, 1.165) is 5.56 Å². The minimum atomic E-state index is -0.444. The number of nitrogens with zero attached hydrogens (tertiary/aromatic N) is 1. The van der Waals surface area contributed by atoms with Crippen LogP contribution in [0, 0.1) is 5.82 Å². The quantitative estimate of drug-likeness (QED) is 0.905. The number of carbonyl (C=O) groups excluding carboxylic acids is 1. The highest BCUT2D eigenvalue weighted by molar-refractivity contribution is 6.30. The van der Waals surface area contributed by atoms with Crippen LogP contribution in [-0.2, 0) is 11.3 Å². The fourth-order valence-electron chi connectivity index (χ4n) is 2.06.